The molecular formula is C14H19N5O5. The minimum absolute atomic E-state index is 0.169. The van der Waals surface area contributed by atoms with E-state index in [1.165, 1.54) is 17.2 Å². The van der Waals surface area contributed by atoms with Gasteiger partial charge in [-0.05, 0) is 6.42 Å². The van der Waals surface area contributed by atoms with E-state index < -0.39 is 24.5 Å². The molecule has 4 heterocycles. The molecule has 24 heavy (non-hydrogen) atoms. The molecule has 0 radical (unpaired) electrons. The van der Waals surface area contributed by atoms with E-state index in [2.05, 4.69) is 20.3 Å². The summed E-state index contributed by atoms with van der Waals surface area (Å²) in [5, 5.41) is 32.6. The molecule has 4 N–H and O–H groups in total. The maximum absolute atomic E-state index is 10.2. The van der Waals surface area contributed by atoms with E-state index >= 15 is 0 Å². The van der Waals surface area contributed by atoms with Crippen LogP contribution in [0.2, 0.25) is 0 Å². The summed E-state index contributed by atoms with van der Waals surface area (Å²) in [5.41, 5.74) is 1.02. The second-order valence-corrected chi connectivity index (χ2v) is 5.98. The monoisotopic (exact) mass is 337 g/mol. The highest BCUT2D eigenvalue weighted by Crippen LogP contribution is 2.32. The van der Waals surface area contributed by atoms with Gasteiger partial charge >= 0.3 is 0 Å². The van der Waals surface area contributed by atoms with Crippen molar-refractivity contribution in [3.8, 4) is 0 Å². The summed E-state index contributed by atoms with van der Waals surface area (Å²) in [7, 11) is 0. The molecule has 2 saturated heterocycles. The number of nitrogens with one attached hydrogen (secondary N) is 1. The third-order valence-electron chi connectivity index (χ3n) is 4.42. The Kier molecular flexibility index (Phi) is 4.06. The zero-order valence-corrected chi connectivity index (χ0v) is 12.8. The molecule has 0 amide bonds. The third kappa shape index (κ3) is 2.52. The van der Waals surface area contributed by atoms with E-state index in [0.717, 1.165) is 6.42 Å². The first-order valence-corrected chi connectivity index (χ1v) is 7.83. The van der Waals surface area contributed by atoms with Gasteiger partial charge in [-0.25, -0.2) is 15.0 Å². The molecule has 2 aliphatic heterocycles. The van der Waals surface area contributed by atoms with Crippen LogP contribution in [0.5, 0.6) is 0 Å². The quantitative estimate of drug-likeness (QED) is 0.533. The van der Waals surface area contributed by atoms with Gasteiger partial charge in [0.25, 0.3) is 0 Å². The van der Waals surface area contributed by atoms with Gasteiger partial charge in [-0.2, -0.15) is 0 Å². The van der Waals surface area contributed by atoms with Gasteiger partial charge in [-0.1, -0.05) is 0 Å². The van der Waals surface area contributed by atoms with Crippen molar-refractivity contribution in [1.29, 1.82) is 0 Å². The van der Waals surface area contributed by atoms with E-state index in [1.807, 2.05) is 0 Å². The minimum Gasteiger partial charge on any atom is -0.394 e. The number of aliphatic hydroxyl groups excluding tert-OH is 3. The summed E-state index contributed by atoms with van der Waals surface area (Å²) < 4.78 is 12.4. The van der Waals surface area contributed by atoms with Crippen LogP contribution in [0, 0.1) is 0 Å². The Morgan fingerprint density at radius 2 is 2.12 bits per heavy atom. The molecule has 4 unspecified atom stereocenters. The van der Waals surface area contributed by atoms with Crippen LogP contribution in [0.15, 0.2) is 12.7 Å². The van der Waals surface area contributed by atoms with Crippen molar-refractivity contribution < 1.29 is 24.8 Å². The maximum Gasteiger partial charge on any atom is 0.167 e. The van der Waals surface area contributed by atoms with Crippen molar-refractivity contribution in [3.05, 3.63) is 12.7 Å². The lowest BCUT2D eigenvalue weighted by molar-refractivity contribution is -0.0511. The van der Waals surface area contributed by atoms with Gasteiger partial charge in [0.15, 0.2) is 23.2 Å². The van der Waals surface area contributed by atoms with Crippen LogP contribution in [-0.4, -0.2) is 79.0 Å². The highest BCUT2D eigenvalue weighted by Gasteiger charge is 2.44. The van der Waals surface area contributed by atoms with Crippen molar-refractivity contribution in [2.45, 2.75) is 37.0 Å². The summed E-state index contributed by atoms with van der Waals surface area (Å²) in [5.74, 6) is 0.584. The molecule has 0 bridgehead atoms. The number of hydrogen-bond donors (Lipinski definition) is 4. The average Bonchev–Trinajstić information content (AvgIpc) is 3.30. The second kappa shape index (κ2) is 6.22. The lowest BCUT2D eigenvalue weighted by Crippen LogP contribution is -2.33. The van der Waals surface area contributed by atoms with Gasteiger partial charge in [0.05, 0.1) is 25.6 Å². The van der Waals surface area contributed by atoms with Crippen LogP contribution in [-0.2, 0) is 9.47 Å². The average molecular weight is 337 g/mol. The predicted molar refractivity (Wildman–Crippen MR) is 81.2 cm³/mol. The van der Waals surface area contributed by atoms with E-state index in [-0.39, 0.29) is 12.6 Å². The molecule has 10 nitrogen and oxygen atoms in total. The van der Waals surface area contributed by atoms with Gasteiger partial charge in [0.1, 0.15) is 24.6 Å². The molecule has 5 atom stereocenters. The van der Waals surface area contributed by atoms with E-state index in [0.29, 0.717) is 30.2 Å². The van der Waals surface area contributed by atoms with Gasteiger partial charge in [-0.15, -0.1) is 0 Å². The SMILES string of the molecule is OCC1OC(n2cnc3c(N[C@@H]4CCOC4)ncnc32)C(O)C1O. The van der Waals surface area contributed by atoms with Gasteiger partial charge in [0.2, 0.25) is 0 Å². The van der Waals surface area contributed by atoms with E-state index in [9.17, 15) is 15.3 Å². The smallest absolute Gasteiger partial charge is 0.167 e. The van der Waals surface area contributed by atoms with Crippen molar-refractivity contribution in [3.63, 3.8) is 0 Å². The highest BCUT2D eigenvalue weighted by molar-refractivity contribution is 5.82. The molecule has 2 aliphatic rings. The Morgan fingerprint density at radius 3 is 2.83 bits per heavy atom. The number of fused-ring (bicyclic) bond motifs is 1. The molecule has 0 aliphatic carbocycles. The number of aliphatic hydroxyl groups is 3. The lowest BCUT2D eigenvalue weighted by Gasteiger charge is -2.16. The second-order valence-electron chi connectivity index (χ2n) is 5.98. The summed E-state index contributed by atoms with van der Waals surface area (Å²) in [6, 6.07) is 0.169. The Hall–Kier alpha value is -1.85. The number of ether oxygens (including phenoxy) is 2. The van der Waals surface area contributed by atoms with Crippen molar-refractivity contribution in [1.82, 2.24) is 19.5 Å². The Balaban J connectivity index is 1.65. The highest BCUT2D eigenvalue weighted by atomic mass is 16.6. The third-order valence-corrected chi connectivity index (χ3v) is 4.42. The van der Waals surface area contributed by atoms with Crippen LogP contribution < -0.4 is 5.32 Å². The van der Waals surface area contributed by atoms with Gasteiger partial charge in [-0.3, -0.25) is 4.57 Å². The molecular weight excluding hydrogens is 318 g/mol. The van der Waals surface area contributed by atoms with Crippen LogP contribution >= 0.6 is 0 Å². The molecule has 4 rings (SSSR count). The maximum atomic E-state index is 10.2. The molecule has 2 fully saturated rings. The summed E-state index contributed by atoms with van der Waals surface area (Å²) in [6.07, 6.45) is -0.310. The minimum atomic E-state index is -1.19. The largest absolute Gasteiger partial charge is 0.394 e. The molecule has 2 aromatic rings. The number of hydrogen-bond acceptors (Lipinski definition) is 9. The van der Waals surface area contributed by atoms with Gasteiger partial charge < -0.3 is 30.1 Å². The fourth-order valence-electron chi connectivity index (χ4n) is 3.10. The zero-order chi connectivity index (χ0) is 16.7. The normalized spacial score (nSPS) is 33.4. The summed E-state index contributed by atoms with van der Waals surface area (Å²) >= 11 is 0. The van der Waals surface area contributed by atoms with Crippen molar-refractivity contribution >= 4 is 17.0 Å². The van der Waals surface area contributed by atoms with Crippen LogP contribution in [0.1, 0.15) is 12.6 Å². The zero-order valence-electron chi connectivity index (χ0n) is 12.8. The topological polar surface area (TPSA) is 135 Å². The van der Waals surface area contributed by atoms with Crippen LogP contribution in [0.25, 0.3) is 11.2 Å². The summed E-state index contributed by atoms with van der Waals surface area (Å²) in [4.78, 5) is 12.8. The number of imidazole rings is 1. The van der Waals surface area contributed by atoms with Crippen molar-refractivity contribution in [2.75, 3.05) is 25.1 Å². The fourth-order valence-corrected chi connectivity index (χ4v) is 3.10. The Morgan fingerprint density at radius 1 is 1.25 bits per heavy atom. The van der Waals surface area contributed by atoms with Crippen molar-refractivity contribution in [2.24, 2.45) is 0 Å². The number of rotatable bonds is 4. The first kappa shape index (κ1) is 15.7. The number of aromatic nitrogens is 4. The van der Waals surface area contributed by atoms with E-state index in [4.69, 9.17) is 9.47 Å². The Labute approximate surface area is 137 Å². The molecule has 2 aromatic heterocycles. The number of nitrogens with zero attached hydrogens (tertiary/aromatic N) is 4. The predicted octanol–water partition coefficient (Wildman–Crippen LogP) is -1.36. The molecule has 0 aromatic carbocycles. The molecule has 0 spiro atoms. The number of anilines is 1. The van der Waals surface area contributed by atoms with Gasteiger partial charge in [0, 0.05) is 6.61 Å². The molecule has 10 heteroatoms. The molecule has 0 saturated carbocycles. The van der Waals surface area contributed by atoms with Crippen LogP contribution in [0.3, 0.4) is 0 Å². The summed E-state index contributed by atoms with van der Waals surface area (Å²) in [6.45, 7) is 0.939. The van der Waals surface area contributed by atoms with E-state index in [1.54, 1.807) is 0 Å². The fraction of sp³-hybridized carbons (Fsp3) is 0.643. The first-order chi connectivity index (χ1) is 11.7. The Bertz CT molecular complexity index is 719. The molecule has 130 valence electrons. The first-order valence-electron chi connectivity index (χ1n) is 7.83. The van der Waals surface area contributed by atoms with Crippen LogP contribution in [0.4, 0.5) is 5.82 Å². The lowest BCUT2D eigenvalue weighted by atomic mass is 10.1. The standard InChI is InChI=1S/C14H19N5O5/c20-3-8-10(21)11(22)14(24-8)19-6-17-9-12(15-5-16-13(9)19)18-7-1-2-23-4-7/h5-8,10-11,14,20-22H,1-4H2,(H,15,16,18)/t7-,8?,10?,11?,14?/m1/s1.